The molecule has 2 unspecified atom stereocenters. The average Bonchev–Trinajstić information content (AvgIpc) is 2.70. The molecule has 0 aliphatic heterocycles. The highest BCUT2D eigenvalue weighted by Crippen LogP contribution is 2.53. The SMILES string of the molecule is OC1c2c(c3c(F)c(F)c(F)cc3c3c(F)c(F)c(F)c(F)c23)C(F)=C(F)C1(O)F. The van der Waals surface area contributed by atoms with Gasteiger partial charge >= 0.3 is 0 Å². The monoisotopic (exact) mass is 442 g/mol. The Hall–Kier alpha value is -2.86. The van der Waals surface area contributed by atoms with Gasteiger partial charge in [0.2, 0.25) is 5.83 Å². The first-order valence-electron chi connectivity index (χ1n) is 7.78. The molecular formula is C18H4F10O2. The number of halogens is 10. The van der Waals surface area contributed by atoms with E-state index in [1.165, 1.54) is 0 Å². The molecule has 1 aliphatic carbocycles. The van der Waals surface area contributed by atoms with Gasteiger partial charge in [-0.15, -0.1) is 0 Å². The Bertz CT molecular complexity index is 1330. The fourth-order valence-corrected chi connectivity index (χ4v) is 3.51. The van der Waals surface area contributed by atoms with E-state index in [2.05, 4.69) is 0 Å². The van der Waals surface area contributed by atoms with E-state index in [9.17, 15) is 54.1 Å². The molecule has 0 amide bonds. The molecule has 0 saturated carbocycles. The first-order valence-corrected chi connectivity index (χ1v) is 7.78. The van der Waals surface area contributed by atoms with Crippen molar-refractivity contribution in [2.24, 2.45) is 0 Å². The van der Waals surface area contributed by atoms with Gasteiger partial charge in [0.05, 0.1) is 0 Å². The van der Waals surface area contributed by atoms with E-state index in [1.54, 1.807) is 0 Å². The predicted molar refractivity (Wildman–Crippen MR) is 81.3 cm³/mol. The molecular weight excluding hydrogens is 438 g/mol. The van der Waals surface area contributed by atoms with Crippen molar-refractivity contribution in [3.63, 3.8) is 0 Å². The topological polar surface area (TPSA) is 40.5 Å². The molecule has 4 rings (SSSR count). The smallest absolute Gasteiger partial charge is 0.292 e. The highest BCUT2D eigenvalue weighted by Gasteiger charge is 2.51. The minimum Gasteiger partial charge on any atom is -0.382 e. The summed E-state index contributed by atoms with van der Waals surface area (Å²) in [6.07, 6.45) is -3.33. The van der Waals surface area contributed by atoms with Gasteiger partial charge < -0.3 is 10.2 Å². The number of alkyl halides is 1. The van der Waals surface area contributed by atoms with E-state index in [0.717, 1.165) is 0 Å². The van der Waals surface area contributed by atoms with E-state index in [-0.39, 0.29) is 6.07 Å². The molecule has 1 aliphatic rings. The van der Waals surface area contributed by atoms with E-state index in [0.29, 0.717) is 0 Å². The summed E-state index contributed by atoms with van der Waals surface area (Å²) >= 11 is 0. The van der Waals surface area contributed by atoms with Crippen LogP contribution in [0.3, 0.4) is 0 Å². The van der Waals surface area contributed by atoms with Crippen molar-refractivity contribution in [2.45, 2.75) is 12.0 Å². The second kappa shape index (κ2) is 6.08. The maximum Gasteiger partial charge on any atom is 0.292 e. The maximum absolute atomic E-state index is 14.5. The zero-order valence-electron chi connectivity index (χ0n) is 13.8. The Morgan fingerprint density at radius 3 is 1.77 bits per heavy atom. The minimum absolute atomic E-state index is 0.0377. The zero-order valence-corrected chi connectivity index (χ0v) is 13.8. The molecule has 2 atom stereocenters. The van der Waals surface area contributed by atoms with Crippen molar-refractivity contribution in [3.05, 3.63) is 63.7 Å². The fourth-order valence-electron chi connectivity index (χ4n) is 3.51. The summed E-state index contributed by atoms with van der Waals surface area (Å²) in [5.41, 5.74) is -3.30. The van der Waals surface area contributed by atoms with E-state index >= 15 is 0 Å². The summed E-state index contributed by atoms with van der Waals surface area (Å²) in [7, 11) is 0. The van der Waals surface area contributed by atoms with Crippen molar-refractivity contribution < 1.29 is 54.1 Å². The van der Waals surface area contributed by atoms with Crippen LogP contribution in [0.2, 0.25) is 0 Å². The van der Waals surface area contributed by atoms with Crippen molar-refractivity contribution >= 4 is 27.4 Å². The van der Waals surface area contributed by atoms with Crippen LogP contribution in [-0.4, -0.2) is 16.1 Å². The molecule has 2 N–H and O–H groups in total. The summed E-state index contributed by atoms with van der Waals surface area (Å²) in [6, 6.07) is -0.0377. The third kappa shape index (κ3) is 2.23. The van der Waals surface area contributed by atoms with Crippen molar-refractivity contribution in [1.82, 2.24) is 0 Å². The highest BCUT2D eigenvalue weighted by atomic mass is 19.2. The molecule has 0 heterocycles. The van der Waals surface area contributed by atoms with Crippen molar-refractivity contribution in [2.75, 3.05) is 0 Å². The van der Waals surface area contributed by atoms with E-state index < -0.39 is 97.0 Å². The van der Waals surface area contributed by atoms with Gasteiger partial charge in [0.25, 0.3) is 5.85 Å². The van der Waals surface area contributed by atoms with Crippen molar-refractivity contribution in [1.29, 1.82) is 0 Å². The van der Waals surface area contributed by atoms with Gasteiger partial charge in [0.15, 0.2) is 46.5 Å². The Kier molecular flexibility index (Phi) is 4.14. The molecule has 0 aromatic heterocycles. The van der Waals surface area contributed by atoms with Gasteiger partial charge in [-0.05, 0) is 11.5 Å². The molecule has 158 valence electrons. The van der Waals surface area contributed by atoms with E-state index in [1.807, 2.05) is 0 Å². The predicted octanol–water partition coefficient (Wildman–Crippen LogP) is 5.28. The molecule has 0 fully saturated rings. The lowest BCUT2D eigenvalue weighted by molar-refractivity contribution is -0.157. The molecule has 30 heavy (non-hydrogen) atoms. The quantitative estimate of drug-likeness (QED) is 0.215. The summed E-state index contributed by atoms with van der Waals surface area (Å²) in [5.74, 6) is -26.3. The Morgan fingerprint density at radius 2 is 1.20 bits per heavy atom. The Morgan fingerprint density at radius 1 is 0.700 bits per heavy atom. The van der Waals surface area contributed by atoms with Gasteiger partial charge in [-0.3, -0.25) is 0 Å². The molecule has 3 aromatic rings. The number of benzene rings is 3. The van der Waals surface area contributed by atoms with Crippen LogP contribution in [0.1, 0.15) is 17.2 Å². The van der Waals surface area contributed by atoms with Crippen LogP contribution >= 0.6 is 0 Å². The first-order chi connectivity index (χ1) is 13.8. The summed E-state index contributed by atoms with van der Waals surface area (Å²) in [4.78, 5) is 0. The Labute approximate surface area is 158 Å². The summed E-state index contributed by atoms with van der Waals surface area (Å²) in [5, 5.41) is 13.4. The van der Waals surface area contributed by atoms with Crippen LogP contribution in [0.15, 0.2) is 11.9 Å². The molecule has 0 bridgehead atoms. The minimum atomic E-state index is -4.62. The van der Waals surface area contributed by atoms with Gasteiger partial charge in [0, 0.05) is 27.3 Å². The lowest BCUT2D eigenvalue weighted by Crippen LogP contribution is -2.36. The number of hydrogen-bond donors (Lipinski definition) is 2. The molecule has 3 aromatic carbocycles. The second-order valence-corrected chi connectivity index (χ2v) is 6.41. The maximum atomic E-state index is 14.5. The number of hydrogen-bond acceptors (Lipinski definition) is 2. The third-order valence-electron chi connectivity index (χ3n) is 4.84. The molecule has 0 spiro atoms. The van der Waals surface area contributed by atoms with E-state index in [4.69, 9.17) is 0 Å². The van der Waals surface area contributed by atoms with Gasteiger partial charge in [-0.1, -0.05) is 0 Å². The number of aliphatic hydroxyl groups excluding tert-OH is 1. The van der Waals surface area contributed by atoms with Gasteiger partial charge in [-0.25, -0.2) is 43.9 Å². The number of rotatable bonds is 0. The van der Waals surface area contributed by atoms with Crippen LogP contribution in [0, 0.1) is 40.7 Å². The van der Waals surface area contributed by atoms with Gasteiger partial charge in [-0.2, -0.15) is 0 Å². The summed E-state index contributed by atoms with van der Waals surface area (Å²) in [6.45, 7) is 0. The van der Waals surface area contributed by atoms with Crippen molar-refractivity contribution in [3.8, 4) is 0 Å². The van der Waals surface area contributed by atoms with Crippen LogP contribution < -0.4 is 0 Å². The van der Waals surface area contributed by atoms with Crippen LogP contribution in [-0.2, 0) is 0 Å². The van der Waals surface area contributed by atoms with Gasteiger partial charge in [0.1, 0.15) is 6.10 Å². The zero-order chi connectivity index (χ0) is 22.4. The fraction of sp³-hybridized carbons (Fsp3) is 0.111. The van der Waals surface area contributed by atoms with Crippen LogP contribution in [0.25, 0.3) is 27.4 Å². The first kappa shape index (κ1) is 20.4. The standard InChI is InChI=1S/C18H4F10O2/c19-3-1-2-4-6(12(23)15(26)14(25)11(4)22)8-7(5(2)10(21)9(3)20)13(24)16(27)18(28,30)17(8)29/h1,17,29-30H. The lowest BCUT2D eigenvalue weighted by Gasteiger charge is -2.32. The summed E-state index contributed by atoms with van der Waals surface area (Å²) < 4.78 is 141. The molecule has 12 heteroatoms. The Balaban J connectivity index is 2.50. The third-order valence-corrected chi connectivity index (χ3v) is 4.84. The van der Waals surface area contributed by atoms with Crippen LogP contribution in [0.4, 0.5) is 43.9 Å². The number of aliphatic hydroxyl groups is 2. The molecule has 0 radical (unpaired) electrons. The average molecular weight is 442 g/mol. The molecule has 0 saturated heterocycles. The molecule has 2 nitrogen and oxygen atoms in total. The second-order valence-electron chi connectivity index (χ2n) is 6.41. The van der Waals surface area contributed by atoms with Crippen LogP contribution in [0.5, 0.6) is 0 Å². The largest absolute Gasteiger partial charge is 0.382 e. The number of fused-ring (bicyclic) bond motifs is 6. The highest BCUT2D eigenvalue weighted by molar-refractivity contribution is 6.15. The lowest BCUT2D eigenvalue weighted by atomic mass is 9.81. The normalized spacial score (nSPS) is 21.7.